The summed E-state index contributed by atoms with van der Waals surface area (Å²) in [7, 11) is -2.99. The fourth-order valence-electron chi connectivity index (χ4n) is 4.13. The summed E-state index contributed by atoms with van der Waals surface area (Å²) in [4.78, 5) is 30.0. The fraction of sp³-hybridized carbons (Fsp3) is 0.0357. The highest BCUT2D eigenvalue weighted by Crippen LogP contribution is 2.33. The number of nitrogens with zero attached hydrogens (tertiary/aromatic N) is 2. The van der Waals surface area contributed by atoms with Crippen molar-refractivity contribution in [3.8, 4) is 5.75 Å². The Hall–Kier alpha value is -4.28. The Bertz CT molecular complexity index is 1720. The molecule has 0 radical (unpaired) electrons. The van der Waals surface area contributed by atoms with Crippen LogP contribution in [0.15, 0.2) is 102 Å². The van der Waals surface area contributed by atoms with Crippen molar-refractivity contribution in [3.05, 3.63) is 108 Å². The van der Waals surface area contributed by atoms with E-state index in [2.05, 4.69) is 4.98 Å². The average molecular weight is 593 g/mol. The molecular formula is C28H21BrN2O6S. The molecule has 5 rings (SSSR count). The number of hydrogen-bond donors (Lipinski definition) is 1. The Kier molecular flexibility index (Phi) is 7.47. The number of carbonyl (C=O) groups is 2. The maximum atomic E-state index is 14.3. The molecule has 0 unspecified atom stereocenters. The first-order valence-electron chi connectivity index (χ1n) is 11.2. The van der Waals surface area contributed by atoms with E-state index in [9.17, 15) is 23.1 Å². The Morgan fingerprint density at radius 3 is 1.82 bits per heavy atom. The number of fused-ring (bicyclic) bond motifs is 2. The van der Waals surface area contributed by atoms with Gasteiger partial charge >= 0.3 is 5.97 Å². The number of anilines is 1. The van der Waals surface area contributed by atoms with Gasteiger partial charge in [0.25, 0.3) is 15.9 Å². The number of amides is 1. The van der Waals surface area contributed by atoms with Gasteiger partial charge < -0.3 is 9.84 Å². The van der Waals surface area contributed by atoms with E-state index in [1.807, 2.05) is 0 Å². The second-order valence-electron chi connectivity index (χ2n) is 8.12. The quantitative estimate of drug-likeness (QED) is 0.251. The fourth-order valence-corrected chi connectivity index (χ4v) is 5.53. The third-order valence-electron chi connectivity index (χ3n) is 5.93. The number of sulfonamides is 1. The van der Waals surface area contributed by atoms with Gasteiger partial charge in [-0.25, -0.2) is 18.2 Å². The molecule has 1 amide bonds. The van der Waals surface area contributed by atoms with Gasteiger partial charge in [-0.2, -0.15) is 4.31 Å². The Morgan fingerprint density at radius 2 is 1.32 bits per heavy atom. The first-order valence-corrected chi connectivity index (χ1v) is 12.6. The number of aromatic carboxylic acids is 1. The lowest BCUT2D eigenvalue weighted by Gasteiger charge is -2.24. The Balaban J connectivity index is 0.00000336. The summed E-state index contributed by atoms with van der Waals surface area (Å²) in [6.07, 6.45) is 0. The van der Waals surface area contributed by atoms with E-state index in [1.165, 1.54) is 43.5 Å². The number of carboxylic acids is 1. The second-order valence-corrected chi connectivity index (χ2v) is 9.91. The number of aromatic nitrogens is 1. The van der Waals surface area contributed by atoms with Crippen molar-refractivity contribution in [2.45, 2.75) is 4.90 Å². The minimum atomic E-state index is -4.47. The van der Waals surface area contributed by atoms with Crippen LogP contribution in [0.1, 0.15) is 20.7 Å². The van der Waals surface area contributed by atoms with Crippen molar-refractivity contribution in [1.29, 1.82) is 0 Å². The van der Waals surface area contributed by atoms with Crippen molar-refractivity contribution >= 4 is 66.4 Å². The summed E-state index contributed by atoms with van der Waals surface area (Å²) in [5.41, 5.74) is 1.29. The molecular weight excluding hydrogens is 572 g/mol. The molecule has 192 valence electrons. The SMILES string of the molecule is Br.COc1ccc(N(C(=O)c2c3ccccc3nc3ccccc23)S(=O)(=O)c2ccc(C(=O)O)cc2)cc1. The highest BCUT2D eigenvalue weighted by Gasteiger charge is 2.34. The van der Waals surface area contributed by atoms with Crippen LogP contribution >= 0.6 is 17.0 Å². The van der Waals surface area contributed by atoms with E-state index in [0.29, 0.717) is 27.6 Å². The first kappa shape index (κ1) is 26.8. The summed E-state index contributed by atoms with van der Waals surface area (Å²) in [5, 5.41) is 10.2. The molecule has 8 nitrogen and oxygen atoms in total. The largest absolute Gasteiger partial charge is 0.497 e. The van der Waals surface area contributed by atoms with Crippen LogP contribution in [0.4, 0.5) is 5.69 Å². The van der Waals surface area contributed by atoms with Crippen LogP contribution in [-0.4, -0.2) is 37.5 Å². The van der Waals surface area contributed by atoms with Gasteiger partial charge in [0.2, 0.25) is 0 Å². The predicted molar refractivity (Wildman–Crippen MR) is 150 cm³/mol. The molecule has 0 saturated heterocycles. The molecule has 0 aliphatic heterocycles. The van der Waals surface area contributed by atoms with E-state index in [0.717, 1.165) is 4.31 Å². The van der Waals surface area contributed by atoms with Crippen molar-refractivity contribution in [2.75, 3.05) is 11.4 Å². The molecule has 0 aliphatic carbocycles. The lowest BCUT2D eigenvalue weighted by Crippen LogP contribution is -2.37. The molecule has 5 aromatic rings. The predicted octanol–water partition coefficient (Wildman–Crippen LogP) is 5.71. The molecule has 4 aromatic carbocycles. The van der Waals surface area contributed by atoms with Gasteiger partial charge in [-0.15, -0.1) is 17.0 Å². The molecule has 0 atom stereocenters. The molecule has 0 spiro atoms. The molecule has 10 heteroatoms. The van der Waals surface area contributed by atoms with Crippen LogP contribution in [0.2, 0.25) is 0 Å². The highest BCUT2D eigenvalue weighted by molar-refractivity contribution is 8.93. The number of halogens is 1. The van der Waals surface area contributed by atoms with E-state index in [1.54, 1.807) is 60.7 Å². The third-order valence-corrected chi connectivity index (χ3v) is 7.66. The van der Waals surface area contributed by atoms with Crippen LogP contribution in [0.5, 0.6) is 5.75 Å². The van der Waals surface area contributed by atoms with Gasteiger partial charge in [-0.1, -0.05) is 36.4 Å². The average Bonchev–Trinajstić information content (AvgIpc) is 2.92. The number of pyridine rings is 1. The zero-order chi connectivity index (χ0) is 26.2. The summed E-state index contributed by atoms with van der Waals surface area (Å²) < 4.78 is 33.9. The van der Waals surface area contributed by atoms with Crippen LogP contribution in [0.3, 0.4) is 0 Å². The monoisotopic (exact) mass is 592 g/mol. The number of carbonyl (C=O) groups excluding carboxylic acids is 1. The van der Waals surface area contributed by atoms with E-state index >= 15 is 0 Å². The smallest absolute Gasteiger partial charge is 0.335 e. The molecule has 0 saturated carbocycles. The Morgan fingerprint density at radius 1 is 0.789 bits per heavy atom. The summed E-state index contributed by atoms with van der Waals surface area (Å²) in [6, 6.07) is 24.8. The number of para-hydroxylation sites is 2. The second kappa shape index (κ2) is 10.6. The number of carboxylic acid groups (broad SMARTS) is 1. The first-order chi connectivity index (χ1) is 17.8. The maximum Gasteiger partial charge on any atom is 0.335 e. The van der Waals surface area contributed by atoms with E-state index in [-0.39, 0.29) is 38.7 Å². The van der Waals surface area contributed by atoms with Gasteiger partial charge in [-0.05, 0) is 60.7 Å². The van der Waals surface area contributed by atoms with Crippen molar-refractivity contribution in [2.24, 2.45) is 0 Å². The molecule has 0 aliphatic rings. The van der Waals surface area contributed by atoms with Gasteiger partial charge in [0.1, 0.15) is 5.75 Å². The lowest BCUT2D eigenvalue weighted by molar-refractivity contribution is 0.0696. The number of hydrogen-bond acceptors (Lipinski definition) is 6. The van der Waals surface area contributed by atoms with Gasteiger partial charge in [-0.3, -0.25) is 4.79 Å². The third kappa shape index (κ3) is 4.71. The van der Waals surface area contributed by atoms with Gasteiger partial charge in [0.05, 0.1) is 39.9 Å². The molecule has 0 bridgehead atoms. The minimum Gasteiger partial charge on any atom is -0.497 e. The zero-order valence-electron chi connectivity index (χ0n) is 19.9. The van der Waals surface area contributed by atoms with Gasteiger partial charge in [0, 0.05) is 10.8 Å². The van der Waals surface area contributed by atoms with Crippen LogP contribution < -0.4 is 9.04 Å². The number of benzene rings is 4. The standard InChI is InChI=1S/C28H20N2O6S.BrH/c1-36-20-14-12-19(13-15-20)30(37(34,35)21-16-10-18(11-17-21)28(32)33)27(31)26-22-6-2-4-8-24(22)29-25-9-5-3-7-23(25)26;/h2-17H,1H3,(H,32,33);1H. The molecule has 38 heavy (non-hydrogen) atoms. The molecule has 0 fully saturated rings. The van der Waals surface area contributed by atoms with E-state index < -0.39 is 21.9 Å². The normalized spacial score (nSPS) is 11.1. The molecule has 1 heterocycles. The Labute approximate surface area is 228 Å². The van der Waals surface area contributed by atoms with Crippen molar-refractivity contribution in [3.63, 3.8) is 0 Å². The highest BCUT2D eigenvalue weighted by atomic mass is 79.9. The van der Waals surface area contributed by atoms with Crippen molar-refractivity contribution < 1.29 is 27.9 Å². The van der Waals surface area contributed by atoms with E-state index in [4.69, 9.17) is 4.74 Å². The number of rotatable bonds is 6. The molecule has 1 aromatic heterocycles. The van der Waals surface area contributed by atoms with Crippen LogP contribution in [-0.2, 0) is 10.0 Å². The molecule has 1 N–H and O–H groups in total. The maximum absolute atomic E-state index is 14.3. The minimum absolute atomic E-state index is 0. The van der Waals surface area contributed by atoms with Crippen LogP contribution in [0.25, 0.3) is 21.8 Å². The summed E-state index contributed by atoms with van der Waals surface area (Å²) in [5.74, 6) is -1.48. The van der Waals surface area contributed by atoms with Crippen LogP contribution in [0, 0.1) is 0 Å². The van der Waals surface area contributed by atoms with Crippen molar-refractivity contribution in [1.82, 2.24) is 4.98 Å². The lowest BCUT2D eigenvalue weighted by atomic mass is 10.0. The zero-order valence-corrected chi connectivity index (χ0v) is 22.5. The summed E-state index contributed by atoms with van der Waals surface area (Å²) >= 11 is 0. The number of methoxy groups -OCH3 is 1. The topological polar surface area (TPSA) is 114 Å². The van der Waals surface area contributed by atoms with Gasteiger partial charge in [0.15, 0.2) is 0 Å². The summed E-state index contributed by atoms with van der Waals surface area (Å²) in [6.45, 7) is 0. The number of ether oxygens (including phenoxy) is 1.